The number of allylic oxidation sites excluding steroid dienone is 2. The lowest BCUT2D eigenvalue weighted by atomic mass is 10.00. The fourth-order valence-electron chi connectivity index (χ4n) is 3.59. The van der Waals surface area contributed by atoms with Gasteiger partial charge in [0.25, 0.3) is 0 Å². The van der Waals surface area contributed by atoms with Crippen LogP contribution in [0, 0.1) is 35.1 Å². The summed E-state index contributed by atoms with van der Waals surface area (Å²) < 4.78 is 56.2. The topological polar surface area (TPSA) is 0 Å². The maximum atomic E-state index is 14.7. The van der Waals surface area contributed by atoms with Crippen LogP contribution in [0.1, 0.15) is 30.0 Å². The molecule has 0 nitrogen and oxygen atoms in total. The number of halogens is 4. The predicted octanol–water partition coefficient (Wildman–Crippen LogP) is 7.97. The van der Waals surface area contributed by atoms with Crippen LogP contribution in [0.15, 0.2) is 78.9 Å². The van der Waals surface area contributed by atoms with Gasteiger partial charge in [0.1, 0.15) is 11.6 Å². The van der Waals surface area contributed by atoms with E-state index in [1.807, 2.05) is 37.3 Å². The van der Waals surface area contributed by atoms with Gasteiger partial charge in [-0.25, -0.2) is 17.6 Å². The first-order chi connectivity index (χ1) is 15.9. The molecule has 4 rings (SSSR count). The molecule has 164 valence electrons. The number of fused-ring (bicyclic) bond motifs is 1. The molecule has 0 unspecified atom stereocenters. The van der Waals surface area contributed by atoms with Crippen molar-refractivity contribution in [2.24, 2.45) is 0 Å². The molecule has 0 saturated heterocycles. The summed E-state index contributed by atoms with van der Waals surface area (Å²) in [5.41, 5.74) is 2.39. The first-order valence-electron chi connectivity index (χ1n) is 10.5. The van der Waals surface area contributed by atoms with Gasteiger partial charge in [-0.3, -0.25) is 0 Å². The molecule has 33 heavy (non-hydrogen) atoms. The van der Waals surface area contributed by atoms with Crippen molar-refractivity contribution < 1.29 is 17.6 Å². The fourth-order valence-corrected chi connectivity index (χ4v) is 3.59. The molecule has 0 aromatic heterocycles. The van der Waals surface area contributed by atoms with Crippen molar-refractivity contribution in [3.8, 4) is 23.0 Å². The van der Waals surface area contributed by atoms with E-state index in [1.165, 1.54) is 12.1 Å². The second-order valence-corrected chi connectivity index (χ2v) is 7.70. The molecule has 0 aliphatic rings. The second kappa shape index (κ2) is 9.75. The molecule has 4 aromatic rings. The van der Waals surface area contributed by atoms with Gasteiger partial charge in [-0.05, 0) is 83.6 Å². The molecule has 0 atom stereocenters. The Morgan fingerprint density at radius 1 is 0.667 bits per heavy atom. The van der Waals surface area contributed by atoms with E-state index in [2.05, 4.69) is 17.9 Å². The van der Waals surface area contributed by atoms with Gasteiger partial charge < -0.3 is 0 Å². The van der Waals surface area contributed by atoms with Crippen LogP contribution in [-0.2, 0) is 6.42 Å². The standard InChI is InChI=1S/C29H20F4/c1-2-3-4-5-19-6-10-21(11-7-19)24-16-26(30)25(27(31)17-24)13-9-20-8-12-22-15-28(32)29(33)18-23(22)14-20/h2-3,6-8,10-12,14-18H,4-5H2,1H3/b3-2+. The third-order valence-electron chi connectivity index (χ3n) is 5.38. The van der Waals surface area contributed by atoms with Crippen molar-refractivity contribution in [1.82, 2.24) is 0 Å². The van der Waals surface area contributed by atoms with Crippen LogP contribution in [0.5, 0.6) is 0 Å². The van der Waals surface area contributed by atoms with Gasteiger partial charge >= 0.3 is 0 Å². The maximum Gasteiger partial charge on any atom is 0.159 e. The highest BCUT2D eigenvalue weighted by molar-refractivity contribution is 5.84. The minimum absolute atomic E-state index is 0.341. The van der Waals surface area contributed by atoms with Crippen molar-refractivity contribution in [2.45, 2.75) is 19.8 Å². The summed E-state index contributed by atoms with van der Waals surface area (Å²) in [6, 6.07) is 17.0. The Bertz CT molecular complexity index is 1380. The lowest BCUT2D eigenvalue weighted by molar-refractivity contribution is 0.511. The largest absolute Gasteiger partial charge is 0.205 e. The van der Waals surface area contributed by atoms with Gasteiger partial charge in [-0.1, -0.05) is 54.3 Å². The van der Waals surface area contributed by atoms with Crippen molar-refractivity contribution >= 4 is 10.8 Å². The van der Waals surface area contributed by atoms with Gasteiger partial charge in [-0.2, -0.15) is 0 Å². The van der Waals surface area contributed by atoms with Gasteiger partial charge in [0.05, 0.1) is 5.56 Å². The molecular weight excluding hydrogens is 424 g/mol. The summed E-state index contributed by atoms with van der Waals surface area (Å²) in [6.07, 6.45) is 5.94. The van der Waals surface area contributed by atoms with Crippen molar-refractivity contribution in [2.75, 3.05) is 0 Å². The summed E-state index contributed by atoms with van der Waals surface area (Å²) in [5.74, 6) is 1.81. The third-order valence-corrected chi connectivity index (χ3v) is 5.38. The smallest absolute Gasteiger partial charge is 0.159 e. The zero-order valence-electron chi connectivity index (χ0n) is 17.9. The minimum atomic E-state index is -0.967. The van der Waals surface area contributed by atoms with Gasteiger partial charge in [0.15, 0.2) is 11.6 Å². The van der Waals surface area contributed by atoms with E-state index in [0.29, 0.717) is 27.5 Å². The average Bonchev–Trinajstić information content (AvgIpc) is 2.80. The first kappa shape index (κ1) is 22.4. The number of aryl methyl sites for hydroxylation is 1. The molecule has 0 amide bonds. The van der Waals surface area contributed by atoms with Gasteiger partial charge in [0.2, 0.25) is 0 Å². The van der Waals surface area contributed by atoms with Crippen LogP contribution in [0.4, 0.5) is 17.6 Å². The molecule has 4 aromatic carbocycles. The maximum absolute atomic E-state index is 14.7. The van der Waals surface area contributed by atoms with Crippen LogP contribution in [0.25, 0.3) is 21.9 Å². The lowest BCUT2D eigenvalue weighted by Crippen LogP contribution is -1.93. The van der Waals surface area contributed by atoms with Gasteiger partial charge in [0, 0.05) is 5.56 Å². The number of benzene rings is 4. The summed E-state index contributed by atoms with van der Waals surface area (Å²) in [4.78, 5) is 0. The highest BCUT2D eigenvalue weighted by Crippen LogP contribution is 2.25. The highest BCUT2D eigenvalue weighted by atomic mass is 19.2. The number of hydrogen-bond donors (Lipinski definition) is 0. The molecule has 0 spiro atoms. The highest BCUT2D eigenvalue weighted by Gasteiger charge is 2.11. The minimum Gasteiger partial charge on any atom is -0.205 e. The van der Waals surface area contributed by atoms with Crippen LogP contribution >= 0.6 is 0 Å². The summed E-state index contributed by atoms with van der Waals surface area (Å²) >= 11 is 0. The SMILES string of the molecule is C/C=C/CCc1ccc(-c2cc(F)c(C#Cc3ccc4cc(F)c(F)cc4c3)c(F)c2)cc1. The molecule has 0 N–H and O–H groups in total. The van der Waals surface area contributed by atoms with E-state index in [1.54, 1.807) is 18.2 Å². The van der Waals surface area contributed by atoms with Crippen molar-refractivity contribution in [3.63, 3.8) is 0 Å². The molecule has 0 saturated carbocycles. The first-order valence-corrected chi connectivity index (χ1v) is 10.5. The predicted molar refractivity (Wildman–Crippen MR) is 125 cm³/mol. The van der Waals surface area contributed by atoms with E-state index in [9.17, 15) is 17.6 Å². The van der Waals surface area contributed by atoms with E-state index < -0.39 is 23.3 Å². The van der Waals surface area contributed by atoms with Crippen LogP contribution in [0.3, 0.4) is 0 Å². The molecular formula is C29H20F4. The van der Waals surface area contributed by atoms with E-state index in [-0.39, 0.29) is 5.56 Å². The van der Waals surface area contributed by atoms with Gasteiger partial charge in [-0.15, -0.1) is 0 Å². The molecule has 0 aliphatic heterocycles. The Morgan fingerprint density at radius 2 is 1.33 bits per heavy atom. The van der Waals surface area contributed by atoms with Crippen LogP contribution in [-0.4, -0.2) is 0 Å². The van der Waals surface area contributed by atoms with E-state index in [0.717, 1.165) is 30.5 Å². The molecule has 0 radical (unpaired) electrons. The zero-order valence-corrected chi connectivity index (χ0v) is 17.9. The Balaban J connectivity index is 1.59. The summed E-state index contributed by atoms with van der Waals surface area (Å²) in [5, 5.41) is 0.958. The number of rotatable bonds is 4. The lowest BCUT2D eigenvalue weighted by Gasteiger charge is -2.06. The Morgan fingerprint density at radius 3 is 2.00 bits per heavy atom. The Kier molecular flexibility index (Phi) is 6.60. The molecule has 0 aliphatic carbocycles. The molecule has 0 fully saturated rings. The van der Waals surface area contributed by atoms with E-state index >= 15 is 0 Å². The summed E-state index contributed by atoms with van der Waals surface area (Å²) in [7, 11) is 0. The monoisotopic (exact) mass is 444 g/mol. The molecule has 4 heteroatoms. The average molecular weight is 444 g/mol. The number of hydrogen-bond acceptors (Lipinski definition) is 0. The fraction of sp³-hybridized carbons (Fsp3) is 0.103. The Labute approximate surface area is 190 Å². The molecule has 0 heterocycles. The zero-order chi connectivity index (χ0) is 23.4. The van der Waals surface area contributed by atoms with E-state index in [4.69, 9.17) is 0 Å². The van der Waals surface area contributed by atoms with Crippen molar-refractivity contribution in [3.05, 3.63) is 119 Å². The third kappa shape index (κ3) is 5.15. The second-order valence-electron chi connectivity index (χ2n) is 7.70. The quantitative estimate of drug-likeness (QED) is 0.170. The van der Waals surface area contributed by atoms with Crippen LogP contribution in [0.2, 0.25) is 0 Å². The normalized spacial score (nSPS) is 11.1. The molecule has 0 bridgehead atoms. The van der Waals surface area contributed by atoms with Crippen molar-refractivity contribution in [1.29, 1.82) is 0 Å². The summed E-state index contributed by atoms with van der Waals surface area (Å²) in [6.45, 7) is 1.98. The van der Waals surface area contributed by atoms with Crippen LogP contribution < -0.4 is 0 Å². The Hall–Kier alpha value is -3.84.